The number of rotatable bonds is 2. The van der Waals surface area contributed by atoms with Gasteiger partial charge in [0, 0.05) is 18.0 Å². The Morgan fingerprint density at radius 2 is 1.94 bits per heavy atom. The first-order valence-electron chi connectivity index (χ1n) is 5.92. The molecule has 0 aliphatic carbocycles. The van der Waals surface area contributed by atoms with Crippen molar-refractivity contribution in [2.45, 2.75) is 13.5 Å². The predicted octanol–water partition coefficient (Wildman–Crippen LogP) is 2.80. The van der Waals surface area contributed by atoms with Crippen molar-refractivity contribution in [3.8, 4) is 11.3 Å². The van der Waals surface area contributed by atoms with Gasteiger partial charge in [-0.05, 0) is 30.2 Å². The molecule has 0 amide bonds. The Morgan fingerprint density at radius 1 is 1.17 bits per heavy atom. The second-order valence-corrected chi connectivity index (χ2v) is 4.45. The van der Waals surface area contributed by atoms with Crippen molar-refractivity contribution in [3.05, 3.63) is 59.9 Å². The number of nitrogens with zero attached hydrogens (tertiary/aromatic N) is 2. The molecule has 3 nitrogen and oxygen atoms in total. The monoisotopic (exact) mass is 238 g/mol. The summed E-state index contributed by atoms with van der Waals surface area (Å²) in [4.78, 5) is 4.60. The van der Waals surface area contributed by atoms with E-state index in [2.05, 4.69) is 24.0 Å². The van der Waals surface area contributed by atoms with Gasteiger partial charge in [-0.2, -0.15) is 0 Å². The van der Waals surface area contributed by atoms with Gasteiger partial charge in [-0.3, -0.25) is 0 Å². The minimum Gasteiger partial charge on any atom is -0.392 e. The summed E-state index contributed by atoms with van der Waals surface area (Å²) in [6.45, 7) is 2.13. The molecule has 2 aromatic heterocycles. The van der Waals surface area contributed by atoms with Gasteiger partial charge in [0.2, 0.25) is 0 Å². The number of aryl methyl sites for hydroxylation is 1. The van der Waals surface area contributed by atoms with Crippen LogP contribution in [0.15, 0.2) is 48.8 Å². The number of benzene rings is 1. The maximum atomic E-state index is 9.02. The summed E-state index contributed by atoms with van der Waals surface area (Å²) in [7, 11) is 0. The highest BCUT2D eigenvalue weighted by Crippen LogP contribution is 2.20. The van der Waals surface area contributed by atoms with Crippen molar-refractivity contribution in [3.63, 3.8) is 0 Å². The number of aliphatic hydroxyl groups is 1. The Labute approximate surface area is 105 Å². The molecular weight excluding hydrogens is 224 g/mol. The van der Waals surface area contributed by atoms with E-state index >= 15 is 0 Å². The lowest BCUT2D eigenvalue weighted by atomic mass is 10.1. The Balaban J connectivity index is 2.07. The summed E-state index contributed by atoms with van der Waals surface area (Å²) < 4.78 is 2.02. The quantitative estimate of drug-likeness (QED) is 0.745. The molecule has 0 aliphatic rings. The minimum atomic E-state index is 0.0740. The van der Waals surface area contributed by atoms with Crippen LogP contribution in [0.25, 0.3) is 16.9 Å². The van der Waals surface area contributed by atoms with Gasteiger partial charge in [0.15, 0.2) is 0 Å². The first-order chi connectivity index (χ1) is 8.76. The summed E-state index contributed by atoms with van der Waals surface area (Å²) in [5, 5.41) is 9.02. The molecule has 1 aromatic carbocycles. The van der Waals surface area contributed by atoms with Crippen molar-refractivity contribution in [1.82, 2.24) is 9.38 Å². The average molecular weight is 238 g/mol. The van der Waals surface area contributed by atoms with Gasteiger partial charge >= 0.3 is 0 Å². The van der Waals surface area contributed by atoms with Crippen LogP contribution in [0.5, 0.6) is 0 Å². The van der Waals surface area contributed by atoms with Crippen LogP contribution in [-0.4, -0.2) is 14.5 Å². The van der Waals surface area contributed by atoms with E-state index in [1.165, 1.54) is 5.56 Å². The highest BCUT2D eigenvalue weighted by atomic mass is 16.3. The summed E-state index contributed by atoms with van der Waals surface area (Å²) in [5.74, 6) is 0. The van der Waals surface area contributed by atoms with Gasteiger partial charge in [-0.1, -0.05) is 24.3 Å². The topological polar surface area (TPSA) is 37.5 Å². The number of pyridine rings is 1. The number of hydrogen-bond acceptors (Lipinski definition) is 2. The lowest BCUT2D eigenvalue weighted by molar-refractivity contribution is 0.282. The molecule has 3 aromatic rings. The van der Waals surface area contributed by atoms with Crippen molar-refractivity contribution in [1.29, 1.82) is 0 Å². The van der Waals surface area contributed by atoms with E-state index in [0.29, 0.717) is 0 Å². The highest BCUT2D eigenvalue weighted by molar-refractivity contribution is 5.63. The molecule has 0 fully saturated rings. The number of hydrogen-bond donors (Lipinski definition) is 1. The second kappa shape index (κ2) is 4.27. The zero-order valence-electron chi connectivity index (χ0n) is 10.2. The van der Waals surface area contributed by atoms with E-state index in [1.54, 1.807) is 0 Å². The van der Waals surface area contributed by atoms with E-state index in [4.69, 9.17) is 5.11 Å². The van der Waals surface area contributed by atoms with Crippen molar-refractivity contribution in [2.24, 2.45) is 0 Å². The van der Waals surface area contributed by atoms with Gasteiger partial charge in [-0.15, -0.1) is 0 Å². The summed E-state index contributed by atoms with van der Waals surface area (Å²) in [5.41, 5.74) is 5.09. The van der Waals surface area contributed by atoms with Crippen LogP contribution in [0.4, 0.5) is 0 Å². The first kappa shape index (κ1) is 11.0. The second-order valence-electron chi connectivity index (χ2n) is 4.45. The molecule has 1 N–H and O–H groups in total. The summed E-state index contributed by atoms with van der Waals surface area (Å²) >= 11 is 0. The third-order valence-corrected chi connectivity index (χ3v) is 3.05. The smallest absolute Gasteiger partial charge is 0.137 e. The third-order valence-electron chi connectivity index (χ3n) is 3.05. The van der Waals surface area contributed by atoms with Crippen molar-refractivity contribution < 1.29 is 5.11 Å². The van der Waals surface area contributed by atoms with Crippen LogP contribution >= 0.6 is 0 Å². The molecule has 3 heteroatoms. The molecule has 0 unspecified atom stereocenters. The fourth-order valence-corrected chi connectivity index (χ4v) is 2.00. The fourth-order valence-electron chi connectivity index (χ4n) is 2.00. The molecule has 0 bridgehead atoms. The summed E-state index contributed by atoms with van der Waals surface area (Å²) in [6.07, 6.45) is 4.03. The van der Waals surface area contributed by atoms with Crippen LogP contribution in [0.3, 0.4) is 0 Å². The van der Waals surface area contributed by atoms with E-state index in [1.807, 2.05) is 41.1 Å². The van der Waals surface area contributed by atoms with Crippen LogP contribution in [0.1, 0.15) is 11.1 Å². The van der Waals surface area contributed by atoms with Gasteiger partial charge in [-0.25, -0.2) is 4.98 Å². The normalized spacial score (nSPS) is 11.0. The summed E-state index contributed by atoms with van der Waals surface area (Å²) in [6, 6.07) is 11.9. The van der Waals surface area contributed by atoms with Gasteiger partial charge < -0.3 is 9.51 Å². The molecule has 90 valence electrons. The Morgan fingerprint density at radius 3 is 2.67 bits per heavy atom. The van der Waals surface area contributed by atoms with Crippen LogP contribution in [0.2, 0.25) is 0 Å². The SMILES string of the molecule is Cc1ccn2cc(-c3ccc(CO)cc3)nc2c1. The Bertz CT molecular complexity index is 683. The van der Waals surface area contributed by atoms with E-state index in [0.717, 1.165) is 22.5 Å². The fraction of sp³-hybridized carbons (Fsp3) is 0.133. The van der Waals surface area contributed by atoms with Crippen LogP contribution in [0, 0.1) is 6.92 Å². The molecule has 0 saturated heterocycles. The number of aromatic nitrogens is 2. The van der Waals surface area contributed by atoms with Gasteiger partial charge in [0.05, 0.1) is 12.3 Å². The van der Waals surface area contributed by atoms with Crippen molar-refractivity contribution in [2.75, 3.05) is 0 Å². The molecule has 18 heavy (non-hydrogen) atoms. The lowest BCUT2D eigenvalue weighted by Gasteiger charge is -1.98. The molecule has 0 atom stereocenters. The van der Waals surface area contributed by atoms with E-state index < -0.39 is 0 Å². The number of aliphatic hydroxyl groups excluding tert-OH is 1. The lowest BCUT2D eigenvalue weighted by Crippen LogP contribution is -1.83. The van der Waals surface area contributed by atoms with Crippen molar-refractivity contribution >= 4 is 5.65 Å². The molecule has 0 radical (unpaired) electrons. The molecule has 0 aliphatic heterocycles. The molecule has 2 heterocycles. The molecule has 3 rings (SSSR count). The zero-order chi connectivity index (χ0) is 12.5. The van der Waals surface area contributed by atoms with Gasteiger partial charge in [0.25, 0.3) is 0 Å². The maximum Gasteiger partial charge on any atom is 0.137 e. The van der Waals surface area contributed by atoms with E-state index in [9.17, 15) is 0 Å². The molecule has 0 spiro atoms. The molecular formula is C15H14N2O. The highest BCUT2D eigenvalue weighted by Gasteiger charge is 2.04. The maximum absolute atomic E-state index is 9.02. The Hall–Kier alpha value is -2.13. The third kappa shape index (κ3) is 1.89. The van der Waals surface area contributed by atoms with Gasteiger partial charge in [0.1, 0.15) is 5.65 Å². The first-order valence-corrected chi connectivity index (χ1v) is 5.92. The largest absolute Gasteiger partial charge is 0.392 e. The molecule has 0 saturated carbocycles. The van der Waals surface area contributed by atoms with E-state index in [-0.39, 0.29) is 6.61 Å². The number of fused-ring (bicyclic) bond motifs is 1. The average Bonchev–Trinajstić information content (AvgIpc) is 2.81. The Kier molecular flexibility index (Phi) is 2.61. The zero-order valence-corrected chi connectivity index (χ0v) is 10.2. The predicted molar refractivity (Wildman–Crippen MR) is 71.3 cm³/mol. The standard InChI is InChI=1S/C15H14N2O/c1-11-6-7-17-9-14(16-15(17)8-11)13-4-2-12(10-18)3-5-13/h2-9,18H,10H2,1H3. The number of imidazole rings is 1. The van der Waals surface area contributed by atoms with Crippen LogP contribution in [-0.2, 0) is 6.61 Å². The minimum absolute atomic E-state index is 0.0740. The van der Waals surface area contributed by atoms with Crippen LogP contribution < -0.4 is 0 Å².